The van der Waals surface area contributed by atoms with Crippen molar-refractivity contribution >= 4 is 22.6 Å². The highest BCUT2D eigenvalue weighted by Gasteiger charge is 2.26. The van der Waals surface area contributed by atoms with E-state index >= 15 is 0 Å². The molecule has 0 saturated heterocycles. The number of phenols is 1. The van der Waals surface area contributed by atoms with Crippen LogP contribution in [0.2, 0.25) is 0 Å². The normalized spacial score (nSPS) is 11.2. The molecule has 0 radical (unpaired) electrons. The molecule has 0 aliphatic rings. The monoisotopic (exact) mass is 370 g/mol. The molecule has 0 aliphatic heterocycles. The smallest absolute Gasteiger partial charge is 0.281 e. The topological polar surface area (TPSA) is 109 Å². The van der Waals surface area contributed by atoms with Gasteiger partial charge in [-0.2, -0.15) is 10.2 Å². The van der Waals surface area contributed by atoms with Gasteiger partial charge in [-0.15, -0.1) is 0 Å². The van der Waals surface area contributed by atoms with Crippen LogP contribution >= 0.6 is 0 Å². The van der Waals surface area contributed by atoms with Gasteiger partial charge in [0.05, 0.1) is 23.0 Å². The predicted molar refractivity (Wildman–Crippen MR) is 92.0 cm³/mol. The molecule has 0 atom stereocenters. The Morgan fingerprint density at radius 2 is 2.00 bits per heavy atom. The van der Waals surface area contributed by atoms with Crippen LogP contribution in [0.1, 0.15) is 22.5 Å². The molecule has 8 nitrogen and oxygen atoms in total. The lowest BCUT2D eigenvalue weighted by Gasteiger charge is -2.08. The van der Waals surface area contributed by atoms with Crippen molar-refractivity contribution in [2.24, 2.45) is 0 Å². The fourth-order valence-corrected chi connectivity index (χ4v) is 2.71. The molecule has 1 aromatic carbocycles. The van der Waals surface area contributed by atoms with Gasteiger partial charge < -0.3 is 10.4 Å². The van der Waals surface area contributed by atoms with Crippen LogP contribution in [0.4, 0.5) is 14.6 Å². The minimum Gasteiger partial charge on any atom is -0.508 e. The summed E-state index contributed by atoms with van der Waals surface area (Å²) >= 11 is 0. The van der Waals surface area contributed by atoms with E-state index < -0.39 is 18.0 Å². The molecule has 27 heavy (non-hydrogen) atoms. The summed E-state index contributed by atoms with van der Waals surface area (Å²) in [5.41, 5.74) is 0.0554. The van der Waals surface area contributed by atoms with Crippen LogP contribution in [0, 0.1) is 0 Å². The van der Waals surface area contributed by atoms with Gasteiger partial charge in [0.25, 0.3) is 12.3 Å². The number of alkyl halides is 2. The van der Waals surface area contributed by atoms with Gasteiger partial charge in [-0.3, -0.25) is 14.9 Å². The number of H-pyrrole nitrogens is 1. The minimum atomic E-state index is -2.92. The van der Waals surface area contributed by atoms with E-state index in [1.54, 1.807) is 6.07 Å². The molecule has 10 heteroatoms. The number of aromatic nitrogens is 5. The molecule has 3 heterocycles. The van der Waals surface area contributed by atoms with Gasteiger partial charge >= 0.3 is 0 Å². The second kappa shape index (κ2) is 6.48. The van der Waals surface area contributed by atoms with E-state index in [1.807, 2.05) is 0 Å². The lowest BCUT2D eigenvalue weighted by Crippen LogP contribution is -2.15. The van der Waals surface area contributed by atoms with Crippen LogP contribution in [0.15, 0.2) is 48.9 Å². The zero-order valence-corrected chi connectivity index (χ0v) is 13.6. The van der Waals surface area contributed by atoms with Crippen molar-refractivity contribution in [3.8, 4) is 11.4 Å². The third-order valence-corrected chi connectivity index (χ3v) is 3.94. The molecular weight excluding hydrogens is 358 g/mol. The van der Waals surface area contributed by atoms with Gasteiger partial charge in [-0.05, 0) is 24.3 Å². The SMILES string of the molecule is O=C(Nc1n[nH]c2cc(O)ccc12)c1cnn(-c2ccncc2)c1C(F)F. The Morgan fingerprint density at radius 3 is 2.74 bits per heavy atom. The largest absolute Gasteiger partial charge is 0.508 e. The summed E-state index contributed by atoms with van der Waals surface area (Å²) in [4.78, 5) is 16.4. The van der Waals surface area contributed by atoms with Crippen molar-refractivity contribution in [2.75, 3.05) is 5.32 Å². The van der Waals surface area contributed by atoms with Crippen LogP contribution in [0.5, 0.6) is 5.75 Å². The predicted octanol–water partition coefficient (Wildman–Crippen LogP) is 3.04. The Balaban J connectivity index is 1.70. The molecule has 0 fully saturated rings. The molecule has 0 unspecified atom stereocenters. The highest BCUT2D eigenvalue weighted by molar-refractivity contribution is 6.08. The second-order valence-corrected chi connectivity index (χ2v) is 5.62. The number of pyridine rings is 1. The molecule has 4 rings (SSSR count). The van der Waals surface area contributed by atoms with E-state index in [0.717, 1.165) is 10.9 Å². The first-order valence-corrected chi connectivity index (χ1v) is 7.79. The van der Waals surface area contributed by atoms with Crippen LogP contribution in [-0.2, 0) is 0 Å². The number of aromatic amines is 1. The fourth-order valence-electron chi connectivity index (χ4n) is 2.71. The van der Waals surface area contributed by atoms with Crippen molar-refractivity contribution in [1.82, 2.24) is 25.0 Å². The molecule has 3 N–H and O–H groups in total. The number of phenolic OH excluding ortho intramolecular Hbond substituents is 1. The first-order valence-electron chi connectivity index (χ1n) is 7.79. The number of carbonyl (C=O) groups excluding carboxylic acids is 1. The quantitative estimate of drug-likeness (QED) is 0.512. The number of carbonyl (C=O) groups is 1. The van der Waals surface area contributed by atoms with Crippen LogP contribution in [-0.4, -0.2) is 36.0 Å². The van der Waals surface area contributed by atoms with Gasteiger partial charge in [-0.1, -0.05) is 0 Å². The summed E-state index contributed by atoms with van der Waals surface area (Å²) in [5.74, 6) is -0.582. The molecule has 1 amide bonds. The van der Waals surface area contributed by atoms with Gasteiger partial charge in [-0.25, -0.2) is 13.5 Å². The maximum atomic E-state index is 13.6. The van der Waals surface area contributed by atoms with Crippen LogP contribution in [0.25, 0.3) is 16.6 Å². The summed E-state index contributed by atoms with van der Waals surface area (Å²) in [7, 11) is 0. The average molecular weight is 370 g/mol. The maximum Gasteiger partial charge on any atom is 0.281 e. The van der Waals surface area contributed by atoms with Crippen molar-refractivity contribution in [3.63, 3.8) is 0 Å². The lowest BCUT2D eigenvalue weighted by molar-refractivity contribution is 0.100. The molecule has 0 bridgehead atoms. The van der Waals surface area contributed by atoms with Crippen molar-refractivity contribution in [3.05, 3.63) is 60.2 Å². The van der Waals surface area contributed by atoms with E-state index in [2.05, 4.69) is 25.6 Å². The maximum absolute atomic E-state index is 13.6. The summed E-state index contributed by atoms with van der Waals surface area (Å²) in [5, 5.41) is 23.0. The van der Waals surface area contributed by atoms with E-state index in [9.17, 15) is 18.7 Å². The van der Waals surface area contributed by atoms with Gasteiger partial charge in [0.15, 0.2) is 5.82 Å². The zero-order valence-electron chi connectivity index (χ0n) is 13.6. The van der Waals surface area contributed by atoms with Crippen molar-refractivity contribution in [1.29, 1.82) is 0 Å². The van der Waals surface area contributed by atoms with Gasteiger partial charge in [0.1, 0.15) is 11.4 Å². The van der Waals surface area contributed by atoms with E-state index in [1.165, 1.54) is 36.7 Å². The minimum absolute atomic E-state index is 0.0302. The molecule has 0 spiro atoms. The summed E-state index contributed by atoms with van der Waals surface area (Å²) in [6.45, 7) is 0. The van der Waals surface area contributed by atoms with E-state index in [-0.39, 0.29) is 17.1 Å². The summed E-state index contributed by atoms with van der Waals surface area (Å²) in [6.07, 6.45) is 1.04. The van der Waals surface area contributed by atoms with Crippen LogP contribution < -0.4 is 5.32 Å². The molecule has 0 aliphatic carbocycles. The number of nitrogens with one attached hydrogen (secondary N) is 2. The Labute approximate surface area is 150 Å². The molecular formula is C17H12F2N6O2. The first kappa shape index (κ1) is 16.6. The zero-order chi connectivity index (χ0) is 19.0. The number of amides is 1. The number of aromatic hydroxyl groups is 1. The van der Waals surface area contributed by atoms with Crippen molar-refractivity contribution in [2.45, 2.75) is 6.43 Å². The number of halogens is 2. The number of fused-ring (bicyclic) bond motifs is 1. The Morgan fingerprint density at radius 1 is 1.22 bits per heavy atom. The van der Waals surface area contributed by atoms with E-state index in [0.29, 0.717) is 16.6 Å². The Hall–Kier alpha value is -3.82. The fraction of sp³-hybridized carbons (Fsp3) is 0.0588. The Kier molecular flexibility index (Phi) is 3.99. The van der Waals surface area contributed by atoms with Gasteiger partial charge in [0.2, 0.25) is 0 Å². The number of rotatable bonds is 4. The van der Waals surface area contributed by atoms with Crippen LogP contribution in [0.3, 0.4) is 0 Å². The highest BCUT2D eigenvalue weighted by atomic mass is 19.3. The number of hydrogen-bond donors (Lipinski definition) is 3. The summed E-state index contributed by atoms with van der Waals surface area (Å²) < 4.78 is 28.3. The van der Waals surface area contributed by atoms with Gasteiger partial charge in [0, 0.05) is 23.8 Å². The second-order valence-electron chi connectivity index (χ2n) is 5.62. The Bertz CT molecular complexity index is 1120. The van der Waals surface area contributed by atoms with Crippen molar-refractivity contribution < 1.29 is 18.7 Å². The number of nitrogens with zero attached hydrogens (tertiary/aromatic N) is 4. The third-order valence-electron chi connectivity index (χ3n) is 3.94. The highest BCUT2D eigenvalue weighted by Crippen LogP contribution is 2.28. The van der Waals surface area contributed by atoms with E-state index in [4.69, 9.17) is 0 Å². The summed E-state index contributed by atoms with van der Waals surface area (Å²) in [6, 6.07) is 7.43. The average Bonchev–Trinajstić information content (AvgIpc) is 3.27. The first-order chi connectivity index (χ1) is 13.0. The number of benzene rings is 1. The molecule has 0 saturated carbocycles. The molecule has 4 aromatic rings. The third kappa shape index (κ3) is 2.97. The number of hydrogen-bond acceptors (Lipinski definition) is 5. The lowest BCUT2D eigenvalue weighted by atomic mass is 10.2. The standard InChI is InChI=1S/C17H12F2N6O2/c18-15(19)14-12(8-21-25(14)9-3-5-20-6-4-9)17(27)22-16-11-2-1-10(26)7-13(11)23-24-16/h1-8,15,26H,(H2,22,23,24,27). The number of anilines is 1. The molecule has 3 aromatic heterocycles. The molecule has 136 valence electrons.